The Morgan fingerprint density at radius 2 is 1.93 bits per heavy atom. The summed E-state index contributed by atoms with van der Waals surface area (Å²) in [5.74, 6) is 0.533. The zero-order valence-electron chi connectivity index (χ0n) is 23.9. The number of amides is 1. The lowest BCUT2D eigenvalue weighted by Gasteiger charge is -2.37. The summed E-state index contributed by atoms with van der Waals surface area (Å²) in [4.78, 5) is 25.5. The number of rotatable bonds is 10. The molecule has 12 nitrogen and oxygen atoms in total. The summed E-state index contributed by atoms with van der Waals surface area (Å²) >= 11 is 6.34. The van der Waals surface area contributed by atoms with Crippen molar-refractivity contribution >= 4 is 50.5 Å². The van der Waals surface area contributed by atoms with Crippen molar-refractivity contribution in [3.8, 4) is 11.6 Å². The molecule has 0 saturated carbocycles. The number of carbonyl (C=O) groups is 1. The lowest BCUT2D eigenvalue weighted by Crippen LogP contribution is -2.43. The van der Waals surface area contributed by atoms with Crippen LogP contribution in [-0.4, -0.2) is 99.3 Å². The lowest BCUT2D eigenvalue weighted by molar-refractivity contribution is -0.111. The van der Waals surface area contributed by atoms with E-state index in [-0.39, 0.29) is 29.3 Å². The van der Waals surface area contributed by atoms with Crippen LogP contribution in [-0.2, 0) is 14.8 Å². The molecule has 224 valence electrons. The van der Waals surface area contributed by atoms with Crippen LogP contribution in [0.2, 0.25) is 5.02 Å². The molecule has 14 heteroatoms. The van der Waals surface area contributed by atoms with E-state index in [1.54, 1.807) is 13.2 Å². The molecule has 4 rings (SSSR count). The van der Waals surface area contributed by atoms with Crippen molar-refractivity contribution in [2.75, 3.05) is 69.2 Å². The largest absolute Gasteiger partial charge is 0.494 e. The second-order valence-corrected chi connectivity index (χ2v) is 12.8. The molecular weight excluding hydrogens is 570 g/mol. The summed E-state index contributed by atoms with van der Waals surface area (Å²) in [5, 5.41) is 6.27. The van der Waals surface area contributed by atoms with Gasteiger partial charge >= 0.3 is 0 Å². The van der Waals surface area contributed by atoms with Crippen molar-refractivity contribution < 1.29 is 22.7 Å². The minimum Gasteiger partial charge on any atom is -0.494 e. The van der Waals surface area contributed by atoms with Gasteiger partial charge in [0, 0.05) is 31.7 Å². The van der Waals surface area contributed by atoms with E-state index in [0.29, 0.717) is 42.6 Å². The van der Waals surface area contributed by atoms with Crippen LogP contribution < -0.4 is 25.0 Å². The number of anilines is 4. The third kappa shape index (κ3) is 7.79. The Hall–Kier alpha value is -3.13. The van der Waals surface area contributed by atoms with Crippen LogP contribution in [0.25, 0.3) is 0 Å². The Bertz CT molecular complexity index is 1370. The molecule has 0 aliphatic carbocycles. The van der Waals surface area contributed by atoms with Gasteiger partial charge in [-0.15, -0.1) is 0 Å². The molecule has 0 bridgehead atoms. The first-order valence-electron chi connectivity index (χ1n) is 13.5. The molecule has 1 amide bonds. The number of carbonyl (C=O) groups excluding carboxylic acids is 1. The Morgan fingerprint density at radius 3 is 2.56 bits per heavy atom. The SMILES string of the molecule is C=CC(=O)Nc1cc(Nc2ncc(Cl)c(O[C@@H]3CCCN(S(C)(=O)=O)C3)n2)c(OC)cc1N1CCC(N(C)C)CC1. The number of nitrogens with one attached hydrogen (secondary N) is 2. The topological polar surface area (TPSA) is 129 Å². The summed E-state index contributed by atoms with van der Waals surface area (Å²) in [5.41, 5.74) is 1.96. The molecule has 2 saturated heterocycles. The molecule has 41 heavy (non-hydrogen) atoms. The third-order valence-electron chi connectivity index (χ3n) is 7.34. The zero-order valence-corrected chi connectivity index (χ0v) is 25.5. The van der Waals surface area contributed by atoms with Gasteiger partial charge in [-0.3, -0.25) is 4.79 Å². The van der Waals surface area contributed by atoms with Gasteiger partial charge in [-0.25, -0.2) is 13.4 Å². The molecule has 2 aliphatic heterocycles. The van der Waals surface area contributed by atoms with Gasteiger partial charge < -0.3 is 29.9 Å². The van der Waals surface area contributed by atoms with E-state index in [1.807, 2.05) is 6.07 Å². The van der Waals surface area contributed by atoms with Crippen LogP contribution >= 0.6 is 11.6 Å². The second kappa shape index (κ2) is 13.2. The molecule has 2 fully saturated rings. The fourth-order valence-electron chi connectivity index (χ4n) is 5.08. The van der Waals surface area contributed by atoms with Gasteiger partial charge in [0.05, 0.1) is 43.2 Å². The molecule has 2 aromatic rings. The second-order valence-electron chi connectivity index (χ2n) is 10.4. The van der Waals surface area contributed by atoms with Gasteiger partial charge in [-0.1, -0.05) is 18.2 Å². The quantitative estimate of drug-likeness (QED) is 0.388. The fourth-order valence-corrected chi connectivity index (χ4v) is 6.11. The highest BCUT2D eigenvalue weighted by atomic mass is 35.5. The maximum atomic E-state index is 12.3. The highest BCUT2D eigenvalue weighted by molar-refractivity contribution is 7.88. The molecule has 1 aromatic carbocycles. The number of hydrogen-bond donors (Lipinski definition) is 2. The number of piperidine rings is 2. The number of methoxy groups -OCH3 is 1. The molecular formula is C27H38ClN7O5S. The monoisotopic (exact) mass is 607 g/mol. The Kier molecular flexibility index (Phi) is 9.95. The summed E-state index contributed by atoms with van der Waals surface area (Å²) in [6, 6.07) is 4.16. The average molecular weight is 608 g/mol. The van der Waals surface area contributed by atoms with E-state index in [9.17, 15) is 13.2 Å². The Labute approximate surface area is 246 Å². The summed E-state index contributed by atoms with van der Waals surface area (Å²) in [6.07, 6.45) is 6.75. The Morgan fingerprint density at radius 1 is 1.20 bits per heavy atom. The van der Waals surface area contributed by atoms with Crippen molar-refractivity contribution in [1.82, 2.24) is 19.2 Å². The molecule has 2 N–H and O–H groups in total. The number of aromatic nitrogens is 2. The number of sulfonamides is 1. The molecule has 0 spiro atoms. The maximum absolute atomic E-state index is 12.3. The van der Waals surface area contributed by atoms with Gasteiger partial charge in [-0.2, -0.15) is 9.29 Å². The average Bonchev–Trinajstić information content (AvgIpc) is 2.94. The molecule has 1 atom stereocenters. The first-order chi connectivity index (χ1) is 19.5. The number of halogens is 1. The fraction of sp³-hybridized carbons (Fsp3) is 0.519. The first-order valence-corrected chi connectivity index (χ1v) is 15.7. The highest BCUT2D eigenvalue weighted by Gasteiger charge is 2.28. The van der Waals surface area contributed by atoms with Gasteiger partial charge in [0.25, 0.3) is 0 Å². The van der Waals surface area contributed by atoms with Gasteiger partial charge in [0.1, 0.15) is 16.9 Å². The van der Waals surface area contributed by atoms with E-state index in [1.165, 1.54) is 22.8 Å². The Balaban J connectivity index is 1.59. The number of nitrogens with zero attached hydrogens (tertiary/aromatic N) is 5. The van der Waals surface area contributed by atoms with Crippen LogP contribution in [0, 0.1) is 0 Å². The maximum Gasteiger partial charge on any atom is 0.247 e. The van der Waals surface area contributed by atoms with E-state index in [0.717, 1.165) is 31.6 Å². The van der Waals surface area contributed by atoms with Crippen molar-refractivity contribution in [3.05, 3.63) is 36.0 Å². The summed E-state index contributed by atoms with van der Waals surface area (Å²) < 4.78 is 37.1. The van der Waals surface area contributed by atoms with E-state index < -0.39 is 16.1 Å². The number of ether oxygens (including phenoxy) is 2. The third-order valence-corrected chi connectivity index (χ3v) is 8.87. The minimum atomic E-state index is -3.33. The highest BCUT2D eigenvalue weighted by Crippen LogP contribution is 2.39. The van der Waals surface area contributed by atoms with Crippen LogP contribution in [0.4, 0.5) is 23.0 Å². The van der Waals surface area contributed by atoms with Crippen molar-refractivity contribution in [1.29, 1.82) is 0 Å². The van der Waals surface area contributed by atoms with Gasteiger partial charge in [-0.05, 0) is 51.9 Å². The van der Waals surface area contributed by atoms with Crippen LogP contribution in [0.15, 0.2) is 31.0 Å². The predicted molar refractivity (Wildman–Crippen MR) is 161 cm³/mol. The van der Waals surface area contributed by atoms with Crippen molar-refractivity contribution in [2.45, 2.75) is 37.8 Å². The lowest BCUT2D eigenvalue weighted by atomic mass is 10.0. The van der Waals surface area contributed by atoms with Gasteiger partial charge in [0.2, 0.25) is 27.8 Å². The van der Waals surface area contributed by atoms with Crippen LogP contribution in [0.1, 0.15) is 25.7 Å². The van der Waals surface area contributed by atoms with E-state index in [2.05, 4.69) is 51.1 Å². The predicted octanol–water partition coefficient (Wildman–Crippen LogP) is 3.34. The molecule has 3 heterocycles. The van der Waals surface area contributed by atoms with E-state index >= 15 is 0 Å². The first kappa shape index (κ1) is 30.8. The minimum absolute atomic E-state index is 0.143. The summed E-state index contributed by atoms with van der Waals surface area (Å²) in [6.45, 7) is 5.91. The van der Waals surface area contributed by atoms with Crippen molar-refractivity contribution in [3.63, 3.8) is 0 Å². The molecule has 0 radical (unpaired) electrons. The zero-order chi connectivity index (χ0) is 29.7. The molecule has 2 aliphatic rings. The molecule has 1 aromatic heterocycles. The van der Waals surface area contributed by atoms with Crippen LogP contribution in [0.5, 0.6) is 11.6 Å². The standard InChI is InChI=1S/C27H38ClN7O5S/c1-6-25(36)30-21-14-22(24(39-4)15-23(21)34-12-9-18(10-13-34)33(2)3)31-27-29-16-20(28)26(32-27)40-19-8-7-11-35(17-19)41(5,37)38/h6,14-16,18-19H,1,7-13,17H2,2-5H3,(H,30,36)(H,29,31,32)/t19-/m1/s1. The summed E-state index contributed by atoms with van der Waals surface area (Å²) in [7, 11) is 2.42. The van der Waals surface area contributed by atoms with Gasteiger partial charge in [0.15, 0.2) is 0 Å². The number of hydrogen-bond acceptors (Lipinski definition) is 10. The van der Waals surface area contributed by atoms with E-state index in [4.69, 9.17) is 21.1 Å². The number of benzene rings is 1. The van der Waals surface area contributed by atoms with Crippen molar-refractivity contribution in [2.24, 2.45) is 0 Å². The van der Waals surface area contributed by atoms with Crippen LogP contribution in [0.3, 0.4) is 0 Å². The normalized spacial score (nSPS) is 18.7. The molecule has 0 unspecified atom stereocenters. The smallest absolute Gasteiger partial charge is 0.247 e.